The summed E-state index contributed by atoms with van der Waals surface area (Å²) in [4.78, 5) is 19.8. The lowest BCUT2D eigenvalue weighted by Crippen LogP contribution is -2.38. The van der Waals surface area contributed by atoms with Gasteiger partial charge in [-0.05, 0) is 48.2 Å². The maximum atomic E-state index is 13.2. The highest BCUT2D eigenvalue weighted by molar-refractivity contribution is 5.75. The Hall–Kier alpha value is -2.89. The van der Waals surface area contributed by atoms with Crippen LogP contribution in [0.1, 0.15) is 29.4 Å². The van der Waals surface area contributed by atoms with Gasteiger partial charge in [0.25, 0.3) is 0 Å². The number of hydrogen-bond acceptors (Lipinski definition) is 2. The number of carbonyl (C=O) groups is 1. The number of carbonyl (C=O) groups excluding carboxylic acids is 1. The Kier molecular flexibility index (Phi) is 4.09. The smallest absolute Gasteiger partial charge is 0.315 e. The van der Waals surface area contributed by atoms with Crippen LogP contribution in [0, 0.1) is 5.82 Å². The molecule has 0 spiro atoms. The van der Waals surface area contributed by atoms with Crippen LogP contribution in [0.4, 0.5) is 9.18 Å². The standard InChI is InChI=1S/C19H19FN4O/c20-13-6-7-14-12(11-13)5-8-15(14)24-19(25)21-10-9-18-22-16-3-1-2-4-17(16)23-18/h1-4,6-7,11,15H,5,8-10H2,(H,22,23)(H2,21,24,25)/t15-/m1/s1. The topological polar surface area (TPSA) is 69.8 Å². The van der Waals surface area contributed by atoms with Gasteiger partial charge in [-0.3, -0.25) is 0 Å². The Morgan fingerprint density at radius 2 is 2.16 bits per heavy atom. The zero-order chi connectivity index (χ0) is 17.2. The number of imidazole rings is 1. The van der Waals surface area contributed by atoms with Crippen molar-refractivity contribution in [2.24, 2.45) is 0 Å². The minimum absolute atomic E-state index is 0.0539. The number of aromatic nitrogens is 2. The van der Waals surface area contributed by atoms with E-state index in [0.717, 1.165) is 40.8 Å². The van der Waals surface area contributed by atoms with Crippen LogP contribution < -0.4 is 10.6 Å². The van der Waals surface area contributed by atoms with Gasteiger partial charge in [-0.1, -0.05) is 18.2 Å². The first-order chi connectivity index (χ1) is 12.2. The van der Waals surface area contributed by atoms with Crippen molar-refractivity contribution in [2.45, 2.75) is 25.3 Å². The Morgan fingerprint density at radius 3 is 3.04 bits per heavy atom. The van der Waals surface area contributed by atoms with E-state index in [1.54, 1.807) is 12.1 Å². The van der Waals surface area contributed by atoms with Gasteiger partial charge in [0, 0.05) is 13.0 Å². The molecule has 3 aromatic rings. The Balaban J connectivity index is 1.30. The fourth-order valence-corrected chi connectivity index (χ4v) is 3.36. The predicted molar refractivity (Wildman–Crippen MR) is 93.8 cm³/mol. The molecule has 4 rings (SSSR count). The number of aromatic amines is 1. The first-order valence-electron chi connectivity index (χ1n) is 8.45. The summed E-state index contributed by atoms with van der Waals surface area (Å²) in [6.45, 7) is 0.495. The summed E-state index contributed by atoms with van der Waals surface area (Å²) in [5.74, 6) is 0.623. The van der Waals surface area contributed by atoms with E-state index in [2.05, 4.69) is 20.6 Å². The zero-order valence-electron chi connectivity index (χ0n) is 13.7. The van der Waals surface area contributed by atoms with Crippen LogP contribution in [-0.2, 0) is 12.8 Å². The normalized spacial score (nSPS) is 16.0. The number of hydrogen-bond donors (Lipinski definition) is 3. The second-order valence-electron chi connectivity index (χ2n) is 6.29. The lowest BCUT2D eigenvalue weighted by molar-refractivity contribution is 0.237. The number of urea groups is 1. The maximum absolute atomic E-state index is 13.2. The van der Waals surface area contributed by atoms with Crippen molar-refractivity contribution < 1.29 is 9.18 Å². The third kappa shape index (κ3) is 3.33. The van der Waals surface area contributed by atoms with E-state index in [1.165, 1.54) is 6.07 Å². The van der Waals surface area contributed by atoms with Gasteiger partial charge >= 0.3 is 6.03 Å². The van der Waals surface area contributed by atoms with Gasteiger partial charge in [-0.15, -0.1) is 0 Å². The Morgan fingerprint density at radius 1 is 1.28 bits per heavy atom. The van der Waals surface area contributed by atoms with Crippen molar-refractivity contribution in [3.05, 3.63) is 65.2 Å². The molecule has 25 heavy (non-hydrogen) atoms. The molecule has 0 aliphatic heterocycles. The molecule has 1 aliphatic carbocycles. The van der Waals surface area contributed by atoms with Crippen LogP contribution >= 0.6 is 0 Å². The molecule has 6 heteroatoms. The molecule has 1 aromatic heterocycles. The molecule has 0 bridgehead atoms. The first-order valence-corrected chi connectivity index (χ1v) is 8.45. The van der Waals surface area contributed by atoms with Gasteiger partial charge in [0.15, 0.2) is 0 Å². The van der Waals surface area contributed by atoms with Crippen molar-refractivity contribution in [3.63, 3.8) is 0 Å². The highest BCUT2D eigenvalue weighted by atomic mass is 19.1. The molecule has 0 saturated heterocycles. The lowest BCUT2D eigenvalue weighted by Gasteiger charge is -2.14. The number of amides is 2. The fourth-order valence-electron chi connectivity index (χ4n) is 3.36. The summed E-state index contributed by atoms with van der Waals surface area (Å²) in [5.41, 5.74) is 3.91. The van der Waals surface area contributed by atoms with E-state index in [-0.39, 0.29) is 17.9 Å². The molecule has 0 saturated carbocycles. The third-order valence-electron chi connectivity index (χ3n) is 4.57. The maximum Gasteiger partial charge on any atom is 0.315 e. The summed E-state index contributed by atoms with van der Waals surface area (Å²) in [7, 11) is 0. The van der Waals surface area contributed by atoms with Crippen molar-refractivity contribution in [1.82, 2.24) is 20.6 Å². The highest BCUT2D eigenvalue weighted by Crippen LogP contribution is 2.31. The molecular weight excluding hydrogens is 319 g/mol. The SMILES string of the molecule is O=C(NCCc1nc2ccccc2[nH]1)N[C@@H]1CCc2cc(F)ccc21. The monoisotopic (exact) mass is 338 g/mol. The van der Waals surface area contributed by atoms with Crippen LogP contribution in [0.3, 0.4) is 0 Å². The van der Waals surface area contributed by atoms with Gasteiger partial charge in [0.1, 0.15) is 11.6 Å². The number of nitrogens with zero attached hydrogens (tertiary/aromatic N) is 1. The lowest BCUT2D eigenvalue weighted by atomic mass is 10.1. The molecule has 0 radical (unpaired) electrons. The number of aryl methyl sites for hydroxylation is 1. The average molecular weight is 338 g/mol. The van der Waals surface area contributed by atoms with Crippen LogP contribution in [0.15, 0.2) is 42.5 Å². The number of para-hydroxylation sites is 2. The fraction of sp³-hybridized carbons (Fsp3) is 0.263. The summed E-state index contributed by atoms with van der Waals surface area (Å²) in [6.07, 6.45) is 2.22. The molecule has 5 nitrogen and oxygen atoms in total. The molecule has 128 valence electrons. The van der Waals surface area contributed by atoms with Gasteiger partial charge in [0.2, 0.25) is 0 Å². The Bertz CT molecular complexity index is 888. The number of fused-ring (bicyclic) bond motifs is 2. The van der Waals surface area contributed by atoms with Crippen molar-refractivity contribution in [3.8, 4) is 0 Å². The summed E-state index contributed by atoms with van der Waals surface area (Å²) >= 11 is 0. The second-order valence-corrected chi connectivity index (χ2v) is 6.29. The number of rotatable bonds is 4. The zero-order valence-corrected chi connectivity index (χ0v) is 13.7. The number of nitrogens with one attached hydrogen (secondary N) is 3. The van der Waals surface area contributed by atoms with Crippen LogP contribution in [0.5, 0.6) is 0 Å². The predicted octanol–water partition coefficient (Wildman–Crippen LogP) is 3.23. The third-order valence-corrected chi connectivity index (χ3v) is 4.57. The van der Waals surface area contributed by atoms with Crippen LogP contribution in [0.25, 0.3) is 11.0 Å². The average Bonchev–Trinajstić information content (AvgIpc) is 3.18. The molecule has 1 atom stereocenters. The van der Waals surface area contributed by atoms with Gasteiger partial charge in [-0.2, -0.15) is 0 Å². The second kappa shape index (κ2) is 6.55. The molecule has 2 aromatic carbocycles. The number of benzene rings is 2. The minimum Gasteiger partial charge on any atom is -0.342 e. The first kappa shape index (κ1) is 15.6. The van der Waals surface area contributed by atoms with E-state index in [9.17, 15) is 9.18 Å². The molecule has 0 fully saturated rings. The highest BCUT2D eigenvalue weighted by Gasteiger charge is 2.24. The minimum atomic E-state index is -0.227. The molecule has 1 heterocycles. The van der Waals surface area contributed by atoms with E-state index < -0.39 is 0 Å². The van der Waals surface area contributed by atoms with Crippen molar-refractivity contribution in [2.75, 3.05) is 6.54 Å². The van der Waals surface area contributed by atoms with E-state index in [4.69, 9.17) is 0 Å². The van der Waals surface area contributed by atoms with E-state index in [0.29, 0.717) is 13.0 Å². The van der Waals surface area contributed by atoms with Crippen molar-refractivity contribution >= 4 is 17.1 Å². The molecular formula is C19H19FN4O. The number of halogens is 1. The molecule has 0 unspecified atom stereocenters. The van der Waals surface area contributed by atoms with Crippen LogP contribution in [-0.4, -0.2) is 22.5 Å². The number of H-pyrrole nitrogens is 1. The van der Waals surface area contributed by atoms with Crippen LogP contribution in [0.2, 0.25) is 0 Å². The van der Waals surface area contributed by atoms with Gasteiger partial charge < -0.3 is 15.6 Å². The largest absolute Gasteiger partial charge is 0.342 e. The van der Waals surface area contributed by atoms with E-state index >= 15 is 0 Å². The summed E-state index contributed by atoms with van der Waals surface area (Å²) in [6, 6.07) is 12.3. The summed E-state index contributed by atoms with van der Waals surface area (Å²) in [5, 5.41) is 5.82. The Labute approximate surface area is 144 Å². The molecule has 2 amide bonds. The van der Waals surface area contributed by atoms with Gasteiger partial charge in [0.05, 0.1) is 17.1 Å². The van der Waals surface area contributed by atoms with E-state index in [1.807, 2.05) is 24.3 Å². The van der Waals surface area contributed by atoms with Crippen molar-refractivity contribution in [1.29, 1.82) is 0 Å². The molecule has 1 aliphatic rings. The quantitative estimate of drug-likeness (QED) is 0.683. The molecule has 3 N–H and O–H groups in total. The summed E-state index contributed by atoms with van der Waals surface area (Å²) < 4.78 is 13.2. The van der Waals surface area contributed by atoms with Gasteiger partial charge in [-0.25, -0.2) is 14.2 Å².